The first-order chi connectivity index (χ1) is 12.1. The zero-order valence-electron chi connectivity index (χ0n) is 15.3. The van der Waals surface area contributed by atoms with Gasteiger partial charge in [-0.25, -0.2) is 0 Å². The van der Waals surface area contributed by atoms with Crippen LogP contribution >= 0.6 is 35.3 Å². The van der Waals surface area contributed by atoms with E-state index in [1.165, 1.54) is 4.88 Å². The van der Waals surface area contributed by atoms with Gasteiger partial charge in [0.2, 0.25) is 0 Å². The number of nitrogens with zero attached hydrogens (tertiary/aromatic N) is 4. The van der Waals surface area contributed by atoms with Crippen molar-refractivity contribution in [2.24, 2.45) is 4.99 Å². The second kappa shape index (κ2) is 9.31. The van der Waals surface area contributed by atoms with Crippen LogP contribution in [0.2, 0.25) is 0 Å². The highest BCUT2D eigenvalue weighted by Gasteiger charge is 2.21. The summed E-state index contributed by atoms with van der Waals surface area (Å²) in [6.45, 7) is 6.04. The number of hydrogen-bond acceptors (Lipinski definition) is 4. The number of hydrogen-bond donors (Lipinski definition) is 2. The number of halogens is 1. The number of aromatic nitrogens is 3. The van der Waals surface area contributed by atoms with Crippen molar-refractivity contribution >= 4 is 46.9 Å². The topological polar surface area (TPSA) is 66.6 Å². The van der Waals surface area contributed by atoms with Crippen LogP contribution in [0.4, 0.5) is 0 Å². The second-order valence-corrected chi connectivity index (χ2v) is 7.46. The van der Waals surface area contributed by atoms with E-state index in [1.54, 1.807) is 18.4 Å². The molecule has 0 aliphatic heterocycles. The fourth-order valence-corrected chi connectivity index (χ4v) is 3.48. The van der Waals surface area contributed by atoms with Gasteiger partial charge < -0.3 is 10.6 Å². The minimum absolute atomic E-state index is 0. The zero-order chi connectivity index (χ0) is 17.7. The Bertz CT molecular complexity index is 840. The van der Waals surface area contributed by atoms with E-state index >= 15 is 0 Å². The molecule has 6 nitrogen and oxygen atoms in total. The Labute approximate surface area is 175 Å². The summed E-state index contributed by atoms with van der Waals surface area (Å²) >= 11 is 1.79. The number of thiophene rings is 1. The summed E-state index contributed by atoms with van der Waals surface area (Å²) in [5, 5.41) is 17.3. The minimum atomic E-state index is 0. The van der Waals surface area contributed by atoms with E-state index in [-0.39, 0.29) is 29.4 Å². The van der Waals surface area contributed by atoms with Crippen LogP contribution < -0.4 is 10.6 Å². The van der Waals surface area contributed by atoms with Crippen LogP contribution in [0.25, 0.3) is 5.65 Å². The van der Waals surface area contributed by atoms with E-state index in [0.29, 0.717) is 0 Å². The molecule has 0 amide bonds. The van der Waals surface area contributed by atoms with Crippen LogP contribution in [0.15, 0.2) is 46.9 Å². The lowest BCUT2D eigenvalue weighted by Crippen LogP contribution is -2.43. The molecule has 0 saturated heterocycles. The minimum Gasteiger partial charge on any atom is -0.356 e. The lowest BCUT2D eigenvalue weighted by Gasteiger charge is -2.25. The van der Waals surface area contributed by atoms with Crippen molar-refractivity contribution in [1.82, 2.24) is 25.2 Å². The summed E-state index contributed by atoms with van der Waals surface area (Å²) in [5.74, 6) is 1.75. The van der Waals surface area contributed by atoms with Gasteiger partial charge in [0.05, 0.1) is 0 Å². The van der Waals surface area contributed by atoms with Crippen LogP contribution in [-0.4, -0.2) is 40.7 Å². The van der Waals surface area contributed by atoms with Crippen molar-refractivity contribution in [2.45, 2.75) is 25.7 Å². The van der Waals surface area contributed by atoms with Gasteiger partial charge in [0, 0.05) is 43.0 Å². The van der Waals surface area contributed by atoms with Crippen LogP contribution in [0, 0.1) is 0 Å². The summed E-state index contributed by atoms with van der Waals surface area (Å²) in [6, 6.07) is 10.2. The maximum Gasteiger partial charge on any atom is 0.191 e. The summed E-state index contributed by atoms with van der Waals surface area (Å²) < 4.78 is 2.01. The third-order valence-corrected chi connectivity index (χ3v) is 5.37. The van der Waals surface area contributed by atoms with Gasteiger partial charge in [0.15, 0.2) is 11.6 Å². The smallest absolute Gasteiger partial charge is 0.191 e. The quantitative estimate of drug-likeness (QED) is 0.321. The normalized spacial score (nSPS) is 12.0. The van der Waals surface area contributed by atoms with E-state index < -0.39 is 0 Å². The Morgan fingerprint density at radius 2 is 2.04 bits per heavy atom. The molecule has 26 heavy (non-hydrogen) atoms. The Morgan fingerprint density at radius 1 is 1.19 bits per heavy atom. The highest BCUT2D eigenvalue weighted by Crippen LogP contribution is 2.26. The fraction of sp³-hybridized carbons (Fsp3) is 0.389. The molecule has 3 rings (SSSR count). The average molecular weight is 484 g/mol. The lowest BCUT2D eigenvalue weighted by molar-refractivity contribution is 0.518. The molecular weight excluding hydrogens is 459 g/mol. The van der Waals surface area contributed by atoms with Crippen LogP contribution in [0.3, 0.4) is 0 Å². The molecule has 0 radical (unpaired) electrons. The predicted octanol–water partition coefficient (Wildman–Crippen LogP) is 3.09. The van der Waals surface area contributed by atoms with E-state index in [9.17, 15) is 0 Å². The molecule has 3 aromatic rings. The zero-order valence-corrected chi connectivity index (χ0v) is 18.4. The maximum atomic E-state index is 4.31. The van der Waals surface area contributed by atoms with Gasteiger partial charge in [-0.2, -0.15) is 0 Å². The first-order valence-electron chi connectivity index (χ1n) is 8.37. The van der Waals surface area contributed by atoms with Gasteiger partial charge in [-0.1, -0.05) is 26.0 Å². The molecule has 2 N–H and O–H groups in total. The SMILES string of the molecule is CN=C(NCCc1nnc2ccccn12)NCC(C)(C)c1cccs1.I. The molecule has 0 aliphatic carbocycles. The Morgan fingerprint density at radius 3 is 2.77 bits per heavy atom. The molecule has 0 fully saturated rings. The first-order valence-corrected chi connectivity index (χ1v) is 9.25. The van der Waals surface area contributed by atoms with Gasteiger partial charge in [-0.05, 0) is 23.6 Å². The van der Waals surface area contributed by atoms with Crippen LogP contribution in [-0.2, 0) is 11.8 Å². The van der Waals surface area contributed by atoms with Crippen molar-refractivity contribution < 1.29 is 0 Å². The molecule has 0 bridgehead atoms. The number of pyridine rings is 1. The molecule has 0 saturated carbocycles. The van der Waals surface area contributed by atoms with Crippen LogP contribution in [0.1, 0.15) is 24.5 Å². The predicted molar refractivity (Wildman–Crippen MR) is 119 cm³/mol. The van der Waals surface area contributed by atoms with E-state index in [0.717, 1.165) is 36.9 Å². The fourth-order valence-electron chi connectivity index (χ4n) is 2.63. The first kappa shape index (κ1) is 20.6. The van der Waals surface area contributed by atoms with Gasteiger partial charge in [0.25, 0.3) is 0 Å². The summed E-state index contributed by atoms with van der Waals surface area (Å²) in [4.78, 5) is 5.67. The largest absolute Gasteiger partial charge is 0.356 e. The number of rotatable bonds is 6. The third kappa shape index (κ3) is 4.94. The molecule has 140 valence electrons. The summed E-state index contributed by atoms with van der Waals surface area (Å²) in [7, 11) is 1.79. The summed E-state index contributed by atoms with van der Waals surface area (Å²) in [5.41, 5.74) is 0.937. The standard InChI is InChI=1S/C18H24N6S.HI/c1-18(2,14-7-6-12-25-14)13-21-17(19-3)20-10-9-16-23-22-15-8-4-5-11-24(15)16;/h4-8,11-12H,9-10,13H2,1-3H3,(H2,19,20,21);1H. The number of nitrogens with one attached hydrogen (secondary N) is 2. The number of guanidine groups is 1. The van der Waals surface area contributed by atoms with E-state index in [4.69, 9.17) is 0 Å². The van der Waals surface area contributed by atoms with Crippen molar-refractivity contribution in [1.29, 1.82) is 0 Å². The monoisotopic (exact) mass is 484 g/mol. The van der Waals surface area contributed by atoms with Crippen molar-refractivity contribution in [3.8, 4) is 0 Å². The van der Waals surface area contributed by atoms with Gasteiger partial charge in [0.1, 0.15) is 5.82 Å². The molecule has 3 aromatic heterocycles. The molecule has 0 unspecified atom stereocenters. The number of aliphatic imine (C=N–C) groups is 1. The molecule has 3 heterocycles. The van der Waals surface area contributed by atoms with Gasteiger partial charge >= 0.3 is 0 Å². The third-order valence-electron chi connectivity index (χ3n) is 4.13. The Balaban J connectivity index is 0.00000243. The molecule has 8 heteroatoms. The molecule has 0 spiro atoms. The molecule has 0 aliphatic rings. The highest BCUT2D eigenvalue weighted by molar-refractivity contribution is 14.0. The molecular formula is C18H25IN6S. The molecule has 0 aromatic carbocycles. The Hall–Kier alpha value is -1.68. The maximum absolute atomic E-state index is 4.31. The Kier molecular flexibility index (Phi) is 7.39. The van der Waals surface area contributed by atoms with Gasteiger partial charge in [-0.3, -0.25) is 9.39 Å². The van der Waals surface area contributed by atoms with Crippen LogP contribution in [0.5, 0.6) is 0 Å². The summed E-state index contributed by atoms with van der Waals surface area (Å²) in [6.07, 6.45) is 2.77. The van der Waals surface area contributed by atoms with Crippen molar-refractivity contribution in [3.05, 3.63) is 52.6 Å². The van der Waals surface area contributed by atoms with Crippen molar-refractivity contribution in [2.75, 3.05) is 20.1 Å². The average Bonchev–Trinajstić information content (AvgIpc) is 3.28. The van der Waals surface area contributed by atoms with E-state index in [1.807, 2.05) is 28.8 Å². The van der Waals surface area contributed by atoms with Crippen molar-refractivity contribution in [3.63, 3.8) is 0 Å². The van der Waals surface area contributed by atoms with E-state index in [2.05, 4.69) is 57.2 Å². The number of fused-ring (bicyclic) bond motifs is 1. The molecule has 0 atom stereocenters. The second-order valence-electron chi connectivity index (χ2n) is 6.51. The lowest BCUT2D eigenvalue weighted by atomic mass is 9.91. The highest BCUT2D eigenvalue weighted by atomic mass is 127. The van der Waals surface area contributed by atoms with Gasteiger partial charge in [-0.15, -0.1) is 45.5 Å².